The number of ether oxygens (including phenoxy) is 1. The van der Waals surface area contributed by atoms with Crippen molar-refractivity contribution >= 4 is 21.8 Å². The molecule has 1 saturated heterocycles. The number of aryl methyl sites for hydroxylation is 1. The Morgan fingerprint density at radius 3 is 2.38 bits per heavy atom. The minimum absolute atomic E-state index is 0.0607. The summed E-state index contributed by atoms with van der Waals surface area (Å²) in [6, 6.07) is 4.66. The number of amides is 1. The Morgan fingerprint density at radius 1 is 1.23 bits per heavy atom. The first kappa shape index (κ1) is 30.7. The lowest BCUT2D eigenvalue weighted by molar-refractivity contribution is 0.0329. The third kappa shape index (κ3) is 7.03. The van der Waals surface area contributed by atoms with Crippen LogP contribution in [0, 0.1) is 12.7 Å². The molecule has 1 amide bonds. The summed E-state index contributed by atoms with van der Waals surface area (Å²) in [5, 5.41) is 22.5. The van der Waals surface area contributed by atoms with Crippen LogP contribution in [0.4, 0.5) is 14.9 Å². The first-order valence-electron chi connectivity index (χ1n) is 13.0. The van der Waals surface area contributed by atoms with Gasteiger partial charge in [0.2, 0.25) is 10.0 Å². The molecule has 1 aliphatic heterocycles. The third-order valence-electron chi connectivity index (χ3n) is 6.68. The maximum absolute atomic E-state index is 14.9. The van der Waals surface area contributed by atoms with E-state index in [0.29, 0.717) is 25.0 Å². The van der Waals surface area contributed by atoms with E-state index in [0.717, 1.165) is 5.56 Å². The van der Waals surface area contributed by atoms with Gasteiger partial charge in [-0.2, -0.15) is 0 Å². The monoisotopic (exact) mass is 568 g/mol. The maximum atomic E-state index is 14.9. The van der Waals surface area contributed by atoms with Crippen molar-refractivity contribution < 1.29 is 32.6 Å². The second kappa shape index (κ2) is 11.3. The number of hydrogen-bond donors (Lipinski definition) is 4. The number of allylic oxidation sites excluding steroid dienone is 1. The van der Waals surface area contributed by atoms with Crippen LogP contribution in [0.15, 0.2) is 41.0 Å². The lowest BCUT2D eigenvalue weighted by atomic mass is 10.1. The highest BCUT2D eigenvalue weighted by atomic mass is 32.2. The van der Waals surface area contributed by atoms with E-state index in [2.05, 4.69) is 10.0 Å². The van der Waals surface area contributed by atoms with Gasteiger partial charge in [-0.3, -0.25) is 9.62 Å². The molecule has 39 heavy (non-hydrogen) atoms. The number of benzene rings is 1. The van der Waals surface area contributed by atoms with E-state index in [1.54, 1.807) is 65.6 Å². The van der Waals surface area contributed by atoms with Crippen LogP contribution < -0.4 is 10.0 Å². The van der Waals surface area contributed by atoms with Gasteiger partial charge in [0, 0.05) is 20.1 Å². The van der Waals surface area contributed by atoms with Crippen molar-refractivity contribution in [1.82, 2.24) is 14.5 Å². The van der Waals surface area contributed by atoms with Crippen molar-refractivity contribution in [3.8, 4) is 0 Å². The molecule has 12 heteroatoms. The summed E-state index contributed by atoms with van der Waals surface area (Å²) in [5.74, 6) is -0.267. The molecule has 4 N–H and O–H groups in total. The topological polar surface area (TPSA) is 131 Å². The van der Waals surface area contributed by atoms with Crippen molar-refractivity contribution in [1.29, 1.82) is 0 Å². The largest absolute Gasteiger partial charge is 0.443 e. The highest BCUT2D eigenvalue weighted by Gasteiger charge is 2.56. The Kier molecular flexibility index (Phi) is 8.93. The summed E-state index contributed by atoms with van der Waals surface area (Å²) < 4.78 is 49.6. The molecule has 1 aromatic rings. The van der Waals surface area contributed by atoms with Crippen LogP contribution in [0.5, 0.6) is 0 Å². The van der Waals surface area contributed by atoms with Crippen molar-refractivity contribution in [2.75, 3.05) is 32.1 Å². The molecule has 10 nitrogen and oxygen atoms in total. The standard InChI is InChI=1S/C27H41FN4O6S/c1-17(2)22(29-21-9-8-18(3)14-20(21)28)23(30-39(36,37)27(10-11-27)15-19(34)16-33)24-31(7)12-13-32(24)25(35)38-26(4,5)6/h8-9,14,19,29-30,33-34H,10-13,15-16H2,1-7H3/b24-23-. The van der Waals surface area contributed by atoms with Gasteiger partial charge in [0.25, 0.3) is 0 Å². The van der Waals surface area contributed by atoms with E-state index in [4.69, 9.17) is 4.74 Å². The van der Waals surface area contributed by atoms with Gasteiger partial charge in [0.1, 0.15) is 22.9 Å². The average molecular weight is 569 g/mol. The van der Waals surface area contributed by atoms with Crippen molar-refractivity contribution in [3.63, 3.8) is 0 Å². The first-order chi connectivity index (χ1) is 18.0. The quantitative estimate of drug-likeness (QED) is 0.357. The molecule has 0 bridgehead atoms. The SMILES string of the molecule is CC(C)=C(Nc1ccc(C)cc1F)/C(NS(=O)(=O)C1(CC(O)CO)CC1)=C1\N(C)CCN1C(=O)OC(C)(C)C. The van der Waals surface area contributed by atoms with E-state index in [1.165, 1.54) is 11.0 Å². The minimum Gasteiger partial charge on any atom is -0.443 e. The molecule has 1 aliphatic carbocycles. The van der Waals surface area contributed by atoms with Crippen molar-refractivity contribution in [2.45, 2.75) is 77.3 Å². The van der Waals surface area contributed by atoms with Crippen LogP contribution in [0.1, 0.15) is 59.4 Å². The lowest BCUT2D eigenvalue weighted by Crippen LogP contribution is -2.43. The lowest BCUT2D eigenvalue weighted by Gasteiger charge is -2.30. The fourth-order valence-electron chi connectivity index (χ4n) is 4.45. The van der Waals surface area contributed by atoms with Crippen molar-refractivity contribution in [2.24, 2.45) is 0 Å². The molecular formula is C27H41FN4O6S. The molecular weight excluding hydrogens is 527 g/mol. The van der Waals surface area contributed by atoms with Crippen LogP contribution in [0.25, 0.3) is 0 Å². The summed E-state index contributed by atoms with van der Waals surface area (Å²) in [7, 11) is -2.41. The predicted octanol–water partition coefficient (Wildman–Crippen LogP) is 3.39. The molecule has 0 spiro atoms. The fourth-order valence-corrected chi connectivity index (χ4v) is 6.18. The second-order valence-corrected chi connectivity index (χ2v) is 13.6. The van der Waals surface area contributed by atoms with E-state index in [9.17, 15) is 27.8 Å². The molecule has 1 atom stereocenters. The third-order valence-corrected chi connectivity index (χ3v) is 8.87. The van der Waals surface area contributed by atoms with Gasteiger partial charge in [0.15, 0.2) is 0 Å². The van der Waals surface area contributed by atoms with Crippen molar-refractivity contribution in [3.05, 3.63) is 52.4 Å². The molecule has 0 radical (unpaired) electrons. The average Bonchev–Trinajstić information content (AvgIpc) is 3.50. The molecule has 1 unspecified atom stereocenters. The number of aliphatic hydroxyl groups excluding tert-OH is 2. The van der Waals surface area contributed by atoms with Crippen LogP contribution >= 0.6 is 0 Å². The molecule has 1 heterocycles. The number of sulfonamides is 1. The molecule has 2 fully saturated rings. The van der Waals surface area contributed by atoms with E-state index in [-0.39, 0.29) is 35.9 Å². The van der Waals surface area contributed by atoms with Gasteiger partial charge >= 0.3 is 6.09 Å². The Balaban J connectivity index is 2.18. The number of anilines is 1. The summed E-state index contributed by atoms with van der Waals surface area (Å²) >= 11 is 0. The van der Waals surface area contributed by atoms with Gasteiger partial charge in [-0.15, -0.1) is 0 Å². The number of aliphatic hydroxyl groups is 2. The number of rotatable bonds is 9. The Hall–Kier alpha value is -2.83. The minimum atomic E-state index is -4.14. The van der Waals surface area contributed by atoms with Gasteiger partial charge in [0.05, 0.1) is 28.8 Å². The number of carbonyl (C=O) groups excluding carboxylic acids is 1. The van der Waals surface area contributed by atoms with E-state index >= 15 is 0 Å². The summed E-state index contributed by atoms with van der Waals surface area (Å²) in [6.07, 6.45) is -1.38. The molecule has 1 saturated carbocycles. The number of nitrogens with zero attached hydrogens (tertiary/aromatic N) is 2. The summed E-state index contributed by atoms with van der Waals surface area (Å²) in [6.45, 7) is 10.6. The molecule has 2 aliphatic rings. The number of carbonyl (C=O) groups is 1. The first-order valence-corrected chi connectivity index (χ1v) is 14.5. The number of halogens is 1. The predicted molar refractivity (Wildman–Crippen MR) is 147 cm³/mol. The molecule has 218 valence electrons. The number of nitrogens with one attached hydrogen (secondary N) is 2. The normalized spacial score (nSPS) is 18.9. The van der Waals surface area contributed by atoms with E-state index < -0.39 is 45.0 Å². The van der Waals surface area contributed by atoms with Crippen LogP contribution in [-0.4, -0.2) is 77.7 Å². The Bertz CT molecular complexity index is 1260. The summed E-state index contributed by atoms with van der Waals surface area (Å²) in [4.78, 5) is 16.3. The van der Waals surface area contributed by atoms with Gasteiger partial charge < -0.3 is 25.2 Å². The smallest absolute Gasteiger partial charge is 0.416 e. The second-order valence-electron chi connectivity index (χ2n) is 11.6. The van der Waals surface area contributed by atoms with Crippen LogP contribution in [0.2, 0.25) is 0 Å². The number of likely N-dealkylation sites (N-methyl/N-ethyl adjacent to an activating group) is 1. The van der Waals surface area contributed by atoms with Gasteiger partial charge in [-0.05, 0) is 78.5 Å². The molecule has 3 rings (SSSR count). The van der Waals surface area contributed by atoms with Gasteiger partial charge in [-0.1, -0.05) is 11.6 Å². The van der Waals surface area contributed by atoms with Crippen LogP contribution in [0.3, 0.4) is 0 Å². The zero-order valence-electron chi connectivity index (χ0n) is 23.8. The highest BCUT2D eigenvalue weighted by molar-refractivity contribution is 7.91. The van der Waals surface area contributed by atoms with Crippen LogP contribution in [-0.2, 0) is 14.8 Å². The zero-order chi connectivity index (χ0) is 29.3. The maximum Gasteiger partial charge on any atom is 0.416 e. The fraction of sp³-hybridized carbons (Fsp3) is 0.593. The molecule has 0 aromatic heterocycles. The zero-order valence-corrected chi connectivity index (χ0v) is 24.6. The highest BCUT2D eigenvalue weighted by Crippen LogP contribution is 2.47. The Labute approximate surface area is 230 Å². The molecule has 1 aromatic carbocycles. The van der Waals surface area contributed by atoms with E-state index in [1.807, 2.05) is 0 Å². The van der Waals surface area contributed by atoms with Gasteiger partial charge in [-0.25, -0.2) is 17.6 Å². The number of hydrogen-bond acceptors (Lipinski definition) is 8. The Morgan fingerprint density at radius 2 is 1.87 bits per heavy atom. The summed E-state index contributed by atoms with van der Waals surface area (Å²) in [5.41, 5.74) is 1.04.